The summed E-state index contributed by atoms with van der Waals surface area (Å²) < 4.78 is 5.16. The molecule has 0 aliphatic rings. The van der Waals surface area contributed by atoms with Crippen LogP contribution in [0.15, 0.2) is 24.3 Å². The molecule has 0 aromatic heterocycles. The smallest absolute Gasteiger partial charge is 0.119 e. The molecule has 1 unspecified atom stereocenters. The van der Waals surface area contributed by atoms with Gasteiger partial charge in [-0.1, -0.05) is 32.9 Å². The molecule has 1 rings (SSSR count). The average Bonchev–Trinajstić information content (AvgIpc) is 2.15. The van der Waals surface area contributed by atoms with E-state index in [4.69, 9.17) is 4.74 Å². The molecule has 0 amide bonds. The Kier molecular flexibility index (Phi) is 4.36. The van der Waals surface area contributed by atoms with Crippen molar-refractivity contribution in [3.8, 4) is 5.75 Å². The summed E-state index contributed by atoms with van der Waals surface area (Å²) in [5.41, 5.74) is 1.29. The number of aliphatic hydroxyl groups is 1. The largest absolute Gasteiger partial charge is 0.497 e. The molecule has 0 aliphatic carbocycles. The molecule has 0 radical (unpaired) electrons. The van der Waals surface area contributed by atoms with Crippen molar-refractivity contribution in [2.75, 3.05) is 7.11 Å². The first-order valence-electron chi connectivity index (χ1n) is 5.72. The van der Waals surface area contributed by atoms with Gasteiger partial charge in [0.2, 0.25) is 0 Å². The van der Waals surface area contributed by atoms with E-state index in [0.717, 1.165) is 17.7 Å². The number of aliphatic hydroxyl groups excluding tert-OH is 1. The first-order chi connectivity index (χ1) is 7.40. The fourth-order valence-electron chi connectivity index (χ4n) is 1.85. The number of hydrogen-bond acceptors (Lipinski definition) is 2. The zero-order valence-electron chi connectivity index (χ0n) is 10.7. The van der Waals surface area contributed by atoms with Gasteiger partial charge in [0.25, 0.3) is 0 Å². The van der Waals surface area contributed by atoms with Crippen molar-refractivity contribution in [1.29, 1.82) is 0 Å². The highest BCUT2D eigenvalue weighted by molar-refractivity contribution is 5.28. The summed E-state index contributed by atoms with van der Waals surface area (Å²) in [6.45, 7) is 6.42. The quantitative estimate of drug-likeness (QED) is 0.848. The normalized spacial score (nSPS) is 13.6. The Hall–Kier alpha value is -1.02. The van der Waals surface area contributed by atoms with Crippen LogP contribution >= 0.6 is 0 Å². The maximum Gasteiger partial charge on any atom is 0.119 e. The molecule has 90 valence electrons. The zero-order valence-corrected chi connectivity index (χ0v) is 10.7. The summed E-state index contributed by atoms with van der Waals surface area (Å²) in [5, 5.41) is 9.96. The van der Waals surface area contributed by atoms with Gasteiger partial charge in [0.15, 0.2) is 0 Å². The standard InChI is InChI=1S/C14H22O2/c1-14(2,3)10-12(15)8-11-6-5-7-13(9-11)16-4/h5-7,9,12,15H,8,10H2,1-4H3. The van der Waals surface area contributed by atoms with E-state index in [1.165, 1.54) is 0 Å². The lowest BCUT2D eigenvalue weighted by molar-refractivity contribution is 0.121. The molecule has 2 nitrogen and oxygen atoms in total. The van der Waals surface area contributed by atoms with Crippen molar-refractivity contribution < 1.29 is 9.84 Å². The van der Waals surface area contributed by atoms with Gasteiger partial charge in [-0.3, -0.25) is 0 Å². The maximum atomic E-state index is 9.96. The Morgan fingerprint density at radius 2 is 2.00 bits per heavy atom. The van der Waals surface area contributed by atoms with Gasteiger partial charge in [0.1, 0.15) is 5.75 Å². The Morgan fingerprint density at radius 3 is 2.56 bits per heavy atom. The summed E-state index contributed by atoms with van der Waals surface area (Å²) >= 11 is 0. The molecule has 0 fully saturated rings. The topological polar surface area (TPSA) is 29.5 Å². The average molecular weight is 222 g/mol. The van der Waals surface area contributed by atoms with Crippen LogP contribution in [0.3, 0.4) is 0 Å². The summed E-state index contributed by atoms with van der Waals surface area (Å²) in [4.78, 5) is 0. The Labute approximate surface area is 98.3 Å². The molecule has 0 aliphatic heterocycles. The number of hydrogen-bond donors (Lipinski definition) is 1. The molecule has 16 heavy (non-hydrogen) atoms. The molecule has 0 saturated carbocycles. The second-order valence-electron chi connectivity index (χ2n) is 5.47. The number of rotatable bonds is 4. The van der Waals surface area contributed by atoms with Crippen LogP contribution in [0.5, 0.6) is 5.75 Å². The van der Waals surface area contributed by atoms with Gasteiger partial charge in [-0.05, 0) is 36.0 Å². The molecule has 2 heteroatoms. The van der Waals surface area contributed by atoms with E-state index >= 15 is 0 Å². The van der Waals surface area contributed by atoms with E-state index in [0.29, 0.717) is 6.42 Å². The monoisotopic (exact) mass is 222 g/mol. The third-order valence-electron chi connectivity index (χ3n) is 2.45. The molecule has 1 atom stereocenters. The Bertz CT molecular complexity index is 326. The summed E-state index contributed by atoms with van der Waals surface area (Å²) in [5.74, 6) is 0.848. The number of methoxy groups -OCH3 is 1. The molecule has 1 aromatic carbocycles. The van der Waals surface area contributed by atoms with Gasteiger partial charge in [-0.2, -0.15) is 0 Å². The summed E-state index contributed by atoms with van der Waals surface area (Å²) in [7, 11) is 1.66. The molecule has 0 spiro atoms. The Balaban J connectivity index is 2.59. The van der Waals surface area contributed by atoms with E-state index in [1.54, 1.807) is 7.11 Å². The first-order valence-corrected chi connectivity index (χ1v) is 5.72. The minimum atomic E-state index is -0.285. The van der Waals surface area contributed by atoms with Crippen LogP contribution in [-0.2, 0) is 6.42 Å². The van der Waals surface area contributed by atoms with Crippen LogP contribution in [0.2, 0.25) is 0 Å². The van der Waals surface area contributed by atoms with E-state index in [9.17, 15) is 5.11 Å². The van der Waals surface area contributed by atoms with Crippen LogP contribution in [0.4, 0.5) is 0 Å². The van der Waals surface area contributed by atoms with E-state index in [2.05, 4.69) is 20.8 Å². The van der Waals surface area contributed by atoms with Crippen molar-refractivity contribution in [2.24, 2.45) is 5.41 Å². The molecular formula is C14H22O2. The van der Waals surface area contributed by atoms with E-state index in [-0.39, 0.29) is 11.5 Å². The van der Waals surface area contributed by atoms with E-state index in [1.807, 2.05) is 24.3 Å². The number of benzene rings is 1. The molecule has 1 aromatic rings. The maximum absolute atomic E-state index is 9.96. The first kappa shape index (κ1) is 13.0. The molecule has 1 N–H and O–H groups in total. The van der Waals surface area contributed by atoms with Crippen LogP contribution in [0.1, 0.15) is 32.8 Å². The van der Waals surface area contributed by atoms with Gasteiger partial charge in [0.05, 0.1) is 13.2 Å². The summed E-state index contributed by atoms with van der Waals surface area (Å²) in [6, 6.07) is 7.87. The van der Waals surface area contributed by atoms with E-state index < -0.39 is 0 Å². The lowest BCUT2D eigenvalue weighted by atomic mass is 9.87. The summed E-state index contributed by atoms with van der Waals surface area (Å²) in [6.07, 6.45) is 1.21. The lowest BCUT2D eigenvalue weighted by Crippen LogP contribution is -2.19. The van der Waals surface area contributed by atoms with Gasteiger partial charge in [0, 0.05) is 0 Å². The second-order valence-corrected chi connectivity index (χ2v) is 5.47. The predicted octanol–water partition coefficient (Wildman–Crippen LogP) is 3.03. The minimum Gasteiger partial charge on any atom is -0.497 e. The van der Waals surface area contributed by atoms with Crippen molar-refractivity contribution in [3.05, 3.63) is 29.8 Å². The highest BCUT2D eigenvalue weighted by Crippen LogP contribution is 2.23. The van der Waals surface area contributed by atoms with Crippen LogP contribution in [0.25, 0.3) is 0 Å². The second kappa shape index (κ2) is 5.35. The fraction of sp³-hybridized carbons (Fsp3) is 0.571. The zero-order chi connectivity index (χ0) is 12.2. The van der Waals surface area contributed by atoms with Crippen molar-refractivity contribution in [1.82, 2.24) is 0 Å². The molecule has 0 heterocycles. The fourth-order valence-corrected chi connectivity index (χ4v) is 1.85. The molecular weight excluding hydrogens is 200 g/mol. The SMILES string of the molecule is COc1cccc(CC(O)CC(C)(C)C)c1. The van der Waals surface area contributed by atoms with Crippen LogP contribution in [-0.4, -0.2) is 18.3 Å². The number of ether oxygens (including phenoxy) is 1. The van der Waals surface area contributed by atoms with Gasteiger partial charge < -0.3 is 9.84 Å². The van der Waals surface area contributed by atoms with Gasteiger partial charge >= 0.3 is 0 Å². The highest BCUT2D eigenvalue weighted by atomic mass is 16.5. The Morgan fingerprint density at radius 1 is 1.31 bits per heavy atom. The minimum absolute atomic E-state index is 0.165. The van der Waals surface area contributed by atoms with Gasteiger partial charge in [-0.25, -0.2) is 0 Å². The van der Waals surface area contributed by atoms with Crippen molar-refractivity contribution in [2.45, 2.75) is 39.7 Å². The third-order valence-corrected chi connectivity index (χ3v) is 2.45. The van der Waals surface area contributed by atoms with Crippen LogP contribution < -0.4 is 4.74 Å². The lowest BCUT2D eigenvalue weighted by Gasteiger charge is -2.22. The van der Waals surface area contributed by atoms with Gasteiger partial charge in [-0.15, -0.1) is 0 Å². The predicted molar refractivity (Wildman–Crippen MR) is 66.8 cm³/mol. The van der Waals surface area contributed by atoms with Crippen molar-refractivity contribution >= 4 is 0 Å². The van der Waals surface area contributed by atoms with Crippen molar-refractivity contribution in [3.63, 3.8) is 0 Å². The third kappa shape index (κ3) is 4.67. The molecule has 0 saturated heterocycles. The highest BCUT2D eigenvalue weighted by Gasteiger charge is 2.16. The molecule has 0 bridgehead atoms. The van der Waals surface area contributed by atoms with Crippen LogP contribution in [0, 0.1) is 5.41 Å².